The molecule has 2 N–H and O–H groups in total. The maximum atomic E-state index is 11.2. The number of amides is 1. The molecule has 7 nitrogen and oxygen atoms in total. The molecule has 0 saturated carbocycles. The predicted molar refractivity (Wildman–Crippen MR) is 85.3 cm³/mol. The number of hydrogen-bond donors (Lipinski definition) is 1. The number of aryl methyl sites for hydroxylation is 1. The first-order chi connectivity index (χ1) is 11.2. The summed E-state index contributed by atoms with van der Waals surface area (Å²) in [6.45, 7) is 1.79. The molecule has 2 aromatic heterocycles. The van der Waals surface area contributed by atoms with Crippen LogP contribution in [0.2, 0.25) is 0 Å². The van der Waals surface area contributed by atoms with Crippen molar-refractivity contribution in [1.82, 2.24) is 19.7 Å². The third-order valence-corrected chi connectivity index (χ3v) is 4.83. The van der Waals surface area contributed by atoms with Gasteiger partial charge in [-0.1, -0.05) is 0 Å². The van der Waals surface area contributed by atoms with Crippen LogP contribution in [0.1, 0.15) is 46.9 Å². The van der Waals surface area contributed by atoms with Crippen LogP contribution in [0.4, 0.5) is 5.82 Å². The van der Waals surface area contributed by atoms with Gasteiger partial charge in [0.25, 0.3) is 5.91 Å². The minimum Gasteiger partial charge on any atom is -0.366 e. The standard InChI is InChI=1S/C16H20N6O/c17-15(23)11-7-20-22(8-11)12-5-6-21(9-12)16-13-3-1-2-4-14(13)18-10-19-16/h7-8,10,12H,1-6,9H2,(H2,17,23). The first kappa shape index (κ1) is 14.2. The lowest BCUT2D eigenvalue weighted by molar-refractivity contribution is 0.1000. The van der Waals surface area contributed by atoms with E-state index >= 15 is 0 Å². The topological polar surface area (TPSA) is 89.9 Å². The average Bonchev–Trinajstić information content (AvgIpc) is 3.23. The SMILES string of the molecule is NC(=O)c1cnn(C2CCN(c3ncnc4c3CCCC4)C2)c1. The van der Waals surface area contributed by atoms with Gasteiger partial charge < -0.3 is 10.6 Å². The summed E-state index contributed by atoms with van der Waals surface area (Å²) >= 11 is 0. The quantitative estimate of drug-likeness (QED) is 0.916. The highest BCUT2D eigenvalue weighted by molar-refractivity contribution is 5.92. The van der Waals surface area contributed by atoms with E-state index in [1.54, 1.807) is 12.5 Å². The third-order valence-electron chi connectivity index (χ3n) is 4.83. The van der Waals surface area contributed by atoms with E-state index < -0.39 is 5.91 Å². The van der Waals surface area contributed by atoms with Crippen molar-refractivity contribution in [2.45, 2.75) is 38.1 Å². The normalized spacial score (nSPS) is 20.5. The highest BCUT2D eigenvalue weighted by atomic mass is 16.1. The molecular formula is C16H20N6O. The summed E-state index contributed by atoms with van der Waals surface area (Å²) in [5, 5.41) is 4.29. The fraction of sp³-hybridized carbons (Fsp3) is 0.500. The molecule has 0 bridgehead atoms. The van der Waals surface area contributed by atoms with E-state index in [0.717, 1.165) is 38.2 Å². The monoisotopic (exact) mass is 312 g/mol. The summed E-state index contributed by atoms with van der Waals surface area (Å²) in [5.74, 6) is 0.649. The van der Waals surface area contributed by atoms with Gasteiger partial charge >= 0.3 is 0 Å². The van der Waals surface area contributed by atoms with Gasteiger partial charge in [0.1, 0.15) is 12.1 Å². The molecule has 1 atom stereocenters. The number of carbonyl (C=O) groups excluding carboxylic acids is 1. The highest BCUT2D eigenvalue weighted by Gasteiger charge is 2.28. The number of anilines is 1. The van der Waals surface area contributed by atoms with Crippen molar-refractivity contribution < 1.29 is 4.79 Å². The second-order valence-electron chi connectivity index (χ2n) is 6.29. The van der Waals surface area contributed by atoms with Crippen molar-refractivity contribution in [3.05, 3.63) is 35.5 Å². The Balaban J connectivity index is 1.55. The first-order valence-corrected chi connectivity index (χ1v) is 8.14. The summed E-state index contributed by atoms with van der Waals surface area (Å²) < 4.78 is 1.85. The average molecular weight is 312 g/mol. The molecule has 0 spiro atoms. The van der Waals surface area contributed by atoms with E-state index in [2.05, 4.69) is 20.0 Å². The Labute approximate surface area is 134 Å². The molecule has 1 aliphatic heterocycles. The van der Waals surface area contributed by atoms with Crippen molar-refractivity contribution in [1.29, 1.82) is 0 Å². The van der Waals surface area contributed by atoms with E-state index in [9.17, 15) is 4.79 Å². The number of rotatable bonds is 3. The summed E-state index contributed by atoms with van der Waals surface area (Å²) in [6, 6.07) is 0.248. The van der Waals surface area contributed by atoms with Crippen LogP contribution in [0, 0.1) is 0 Å². The van der Waals surface area contributed by atoms with Crippen LogP contribution in [0.3, 0.4) is 0 Å². The van der Waals surface area contributed by atoms with Crippen molar-refractivity contribution in [3.63, 3.8) is 0 Å². The van der Waals surface area contributed by atoms with Crippen molar-refractivity contribution in [2.24, 2.45) is 5.73 Å². The lowest BCUT2D eigenvalue weighted by Gasteiger charge is -2.24. The maximum absolute atomic E-state index is 11.2. The highest BCUT2D eigenvalue weighted by Crippen LogP contribution is 2.31. The lowest BCUT2D eigenvalue weighted by Crippen LogP contribution is -2.25. The number of hydrogen-bond acceptors (Lipinski definition) is 5. The van der Waals surface area contributed by atoms with Gasteiger partial charge in [0.2, 0.25) is 0 Å². The Kier molecular flexibility index (Phi) is 3.48. The molecule has 2 aromatic rings. The number of nitrogens with zero attached hydrogens (tertiary/aromatic N) is 5. The van der Waals surface area contributed by atoms with E-state index in [1.807, 2.05) is 4.68 Å². The van der Waals surface area contributed by atoms with Crippen LogP contribution in [-0.2, 0) is 12.8 Å². The molecule has 1 amide bonds. The molecule has 120 valence electrons. The first-order valence-electron chi connectivity index (χ1n) is 8.14. The smallest absolute Gasteiger partial charge is 0.251 e. The Bertz CT molecular complexity index is 740. The Morgan fingerprint density at radius 3 is 2.96 bits per heavy atom. The van der Waals surface area contributed by atoms with E-state index in [-0.39, 0.29) is 6.04 Å². The van der Waals surface area contributed by atoms with E-state index in [4.69, 9.17) is 5.73 Å². The molecule has 1 saturated heterocycles. The Morgan fingerprint density at radius 1 is 1.26 bits per heavy atom. The second kappa shape index (κ2) is 5.64. The third kappa shape index (κ3) is 2.56. The second-order valence-corrected chi connectivity index (χ2v) is 6.29. The van der Waals surface area contributed by atoms with E-state index in [1.165, 1.54) is 30.3 Å². The lowest BCUT2D eigenvalue weighted by atomic mass is 9.96. The van der Waals surface area contributed by atoms with Crippen molar-refractivity contribution in [2.75, 3.05) is 18.0 Å². The van der Waals surface area contributed by atoms with Crippen molar-refractivity contribution in [3.8, 4) is 0 Å². The van der Waals surface area contributed by atoms with Gasteiger partial charge in [-0.3, -0.25) is 9.48 Å². The molecule has 3 heterocycles. The molecular weight excluding hydrogens is 292 g/mol. The number of aromatic nitrogens is 4. The minimum absolute atomic E-state index is 0.248. The summed E-state index contributed by atoms with van der Waals surface area (Å²) in [7, 11) is 0. The van der Waals surface area contributed by atoms with Crippen LogP contribution < -0.4 is 10.6 Å². The summed E-state index contributed by atoms with van der Waals surface area (Å²) in [4.78, 5) is 22.5. The van der Waals surface area contributed by atoms with Crippen LogP contribution in [0.5, 0.6) is 0 Å². The largest absolute Gasteiger partial charge is 0.366 e. The maximum Gasteiger partial charge on any atom is 0.251 e. The fourth-order valence-corrected chi connectivity index (χ4v) is 3.59. The molecule has 23 heavy (non-hydrogen) atoms. The summed E-state index contributed by atoms with van der Waals surface area (Å²) in [5.41, 5.74) is 8.29. The van der Waals surface area contributed by atoms with E-state index in [0.29, 0.717) is 5.56 Å². The Morgan fingerprint density at radius 2 is 2.13 bits per heavy atom. The van der Waals surface area contributed by atoms with Gasteiger partial charge in [0.05, 0.1) is 17.8 Å². The molecule has 2 aliphatic rings. The molecule has 4 rings (SSSR count). The van der Waals surface area contributed by atoms with Gasteiger partial charge in [-0.05, 0) is 32.1 Å². The molecule has 7 heteroatoms. The van der Waals surface area contributed by atoms with Gasteiger partial charge in [-0.15, -0.1) is 0 Å². The number of primary amides is 1. The predicted octanol–water partition coefficient (Wildman–Crippen LogP) is 1.10. The zero-order valence-corrected chi connectivity index (χ0v) is 13.0. The number of nitrogens with two attached hydrogens (primary N) is 1. The van der Waals surface area contributed by atoms with Gasteiger partial charge in [-0.25, -0.2) is 9.97 Å². The van der Waals surface area contributed by atoms with Crippen LogP contribution in [0.25, 0.3) is 0 Å². The summed E-state index contributed by atoms with van der Waals surface area (Å²) in [6.07, 6.45) is 10.5. The van der Waals surface area contributed by atoms with Crippen molar-refractivity contribution >= 4 is 11.7 Å². The molecule has 0 aromatic carbocycles. The van der Waals surface area contributed by atoms with Crippen LogP contribution >= 0.6 is 0 Å². The zero-order chi connectivity index (χ0) is 15.8. The van der Waals surface area contributed by atoms with Gasteiger partial charge in [0, 0.05) is 30.5 Å². The molecule has 0 radical (unpaired) electrons. The number of carbonyl (C=O) groups is 1. The van der Waals surface area contributed by atoms with Gasteiger partial charge in [0.15, 0.2) is 0 Å². The fourth-order valence-electron chi connectivity index (χ4n) is 3.59. The van der Waals surface area contributed by atoms with Crippen LogP contribution in [0.15, 0.2) is 18.7 Å². The zero-order valence-electron chi connectivity index (χ0n) is 13.0. The molecule has 1 fully saturated rings. The molecule has 1 aliphatic carbocycles. The number of fused-ring (bicyclic) bond motifs is 1. The van der Waals surface area contributed by atoms with Gasteiger partial charge in [-0.2, -0.15) is 5.10 Å². The van der Waals surface area contributed by atoms with Crippen LogP contribution in [-0.4, -0.2) is 38.7 Å². The molecule has 1 unspecified atom stereocenters. The Hall–Kier alpha value is -2.44. The minimum atomic E-state index is -0.434.